The van der Waals surface area contributed by atoms with Crippen molar-refractivity contribution in [2.45, 2.75) is 13.2 Å². The van der Waals surface area contributed by atoms with Gasteiger partial charge in [-0.15, -0.1) is 0 Å². The lowest BCUT2D eigenvalue weighted by atomic mass is 10.2. The second-order valence-corrected chi connectivity index (χ2v) is 6.85. The van der Waals surface area contributed by atoms with Gasteiger partial charge in [0.15, 0.2) is 0 Å². The first kappa shape index (κ1) is 23.9. The van der Waals surface area contributed by atoms with Crippen LogP contribution in [0.3, 0.4) is 0 Å². The molecule has 2 amide bonds. The molecular weight excluding hydrogens is 432 g/mol. The molecule has 0 aliphatic rings. The Labute approximate surface area is 197 Å². The van der Waals surface area contributed by atoms with Crippen LogP contribution in [0.2, 0.25) is 0 Å². The molecule has 8 nitrogen and oxygen atoms in total. The van der Waals surface area contributed by atoms with Gasteiger partial charge in [0, 0.05) is 36.2 Å². The smallest absolute Gasteiger partial charge is 0.411 e. The lowest BCUT2D eigenvalue weighted by Gasteiger charge is -2.06. The van der Waals surface area contributed by atoms with E-state index in [0.29, 0.717) is 11.4 Å². The molecule has 0 unspecified atom stereocenters. The van der Waals surface area contributed by atoms with Crippen molar-refractivity contribution in [3.8, 4) is 0 Å². The van der Waals surface area contributed by atoms with Crippen molar-refractivity contribution in [3.05, 3.63) is 121 Å². The van der Waals surface area contributed by atoms with E-state index in [0.717, 1.165) is 11.1 Å². The molecule has 0 aliphatic heterocycles. The molecule has 0 fully saturated rings. The average Bonchev–Trinajstić information content (AvgIpc) is 2.89. The zero-order chi connectivity index (χ0) is 23.8. The molecule has 8 heteroatoms. The van der Waals surface area contributed by atoms with E-state index in [1.165, 1.54) is 0 Å². The lowest BCUT2D eigenvalue weighted by Crippen LogP contribution is -2.13. The van der Waals surface area contributed by atoms with E-state index in [1.54, 1.807) is 49.1 Å². The number of hydrogen-bond acceptors (Lipinski definition) is 6. The number of ether oxygens (including phenoxy) is 2. The summed E-state index contributed by atoms with van der Waals surface area (Å²) >= 11 is 0. The fourth-order valence-electron chi connectivity index (χ4n) is 2.62. The zero-order valence-corrected chi connectivity index (χ0v) is 18.3. The van der Waals surface area contributed by atoms with Crippen molar-refractivity contribution in [3.63, 3.8) is 0 Å². The molecule has 4 rings (SSSR count). The first-order valence-corrected chi connectivity index (χ1v) is 10.4. The van der Waals surface area contributed by atoms with Crippen LogP contribution in [0.4, 0.5) is 21.0 Å². The van der Waals surface area contributed by atoms with Gasteiger partial charge >= 0.3 is 12.2 Å². The molecule has 2 aromatic carbocycles. The number of pyridine rings is 2. The van der Waals surface area contributed by atoms with Gasteiger partial charge in [0.1, 0.15) is 13.2 Å². The minimum absolute atomic E-state index is 0.262. The van der Waals surface area contributed by atoms with Gasteiger partial charge in [-0.3, -0.25) is 20.6 Å². The van der Waals surface area contributed by atoms with E-state index in [4.69, 9.17) is 9.47 Å². The maximum atomic E-state index is 11.4. The maximum absolute atomic E-state index is 11.4. The second-order valence-electron chi connectivity index (χ2n) is 6.85. The van der Waals surface area contributed by atoms with Crippen LogP contribution in [-0.4, -0.2) is 22.2 Å². The number of anilines is 2. The number of nitrogens with one attached hydrogen (secondary N) is 2. The van der Waals surface area contributed by atoms with E-state index in [2.05, 4.69) is 20.6 Å². The van der Waals surface area contributed by atoms with Crippen molar-refractivity contribution in [2.75, 3.05) is 10.6 Å². The number of carbonyl (C=O) groups excluding carboxylic acids is 2. The third-order valence-corrected chi connectivity index (χ3v) is 4.28. The number of amides is 2. The summed E-state index contributed by atoms with van der Waals surface area (Å²) < 4.78 is 10.1. The molecule has 0 spiro atoms. The van der Waals surface area contributed by atoms with E-state index in [-0.39, 0.29) is 13.2 Å². The monoisotopic (exact) mass is 456 g/mol. The summed E-state index contributed by atoms with van der Waals surface area (Å²) in [7, 11) is 0. The van der Waals surface area contributed by atoms with Crippen molar-refractivity contribution in [1.29, 1.82) is 0 Å². The standard InChI is InChI=1S/2C13H12N2O2/c2*16-13(15-12-6-8-14-9-7-12)17-10-11-4-2-1-3-5-11/h2*1-9H,10H2,(H,14,15,16). The van der Waals surface area contributed by atoms with Gasteiger partial charge in [0.05, 0.1) is 0 Å². The highest BCUT2D eigenvalue weighted by Crippen LogP contribution is 2.07. The summed E-state index contributed by atoms with van der Waals surface area (Å²) in [5, 5.41) is 5.22. The fourth-order valence-corrected chi connectivity index (χ4v) is 2.62. The topological polar surface area (TPSA) is 102 Å². The molecule has 0 aliphatic carbocycles. The van der Waals surface area contributed by atoms with E-state index < -0.39 is 12.2 Å². The molecule has 0 saturated carbocycles. The molecule has 2 heterocycles. The largest absolute Gasteiger partial charge is 0.444 e. The summed E-state index contributed by atoms with van der Waals surface area (Å²) in [6, 6.07) is 25.8. The predicted molar refractivity (Wildman–Crippen MR) is 129 cm³/mol. The third-order valence-electron chi connectivity index (χ3n) is 4.28. The highest BCUT2D eigenvalue weighted by molar-refractivity contribution is 5.84. The SMILES string of the molecule is O=C(Nc1ccncc1)OCc1ccccc1.O=C(Nc1ccncc1)OCc1ccccc1. The molecule has 34 heavy (non-hydrogen) atoms. The van der Waals surface area contributed by atoms with Crippen LogP contribution < -0.4 is 10.6 Å². The summed E-state index contributed by atoms with van der Waals surface area (Å²) in [6.45, 7) is 0.523. The number of rotatable bonds is 6. The lowest BCUT2D eigenvalue weighted by molar-refractivity contribution is 0.154. The van der Waals surface area contributed by atoms with E-state index >= 15 is 0 Å². The molecule has 0 bridgehead atoms. The molecule has 0 saturated heterocycles. The Hall–Kier alpha value is -4.72. The number of hydrogen-bond donors (Lipinski definition) is 2. The van der Waals surface area contributed by atoms with Crippen LogP contribution in [0, 0.1) is 0 Å². The fraction of sp³-hybridized carbons (Fsp3) is 0.0769. The zero-order valence-electron chi connectivity index (χ0n) is 18.3. The van der Waals surface area contributed by atoms with Crippen LogP contribution in [0.15, 0.2) is 110 Å². The van der Waals surface area contributed by atoms with Crippen LogP contribution in [0.25, 0.3) is 0 Å². The van der Waals surface area contributed by atoms with Crippen LogP contribution in [0.5, 0.6) is 0 Å². The van der Waals surface area contributed by atoms with Crippen molar-refractivity contribution >= 4 is 23.6 Å². The predicted octanol–water partition coefficient (Wildman–Crippen LogP) is 5.66. The molecule has 0 atom stereocenters. The maximum Gasteiger partial charge on any atom is 0.411 e. The van der Waals surface area contributed by atoms with Gasteiger partial charge in [-0.05, 0) is 35.4 Å². The summed E-state index contributed by atoms with van der Waals surface area (Å²) in [6.07, 6.45) is 5.47. The number of nitrogens with zero attached hydrogens (tertiary/aromatic N) is 2. The molecule has 172 valence electrons. The Balaban J connectivity index is 0.000000191. The number of aromatic nitrogens is 2. The van der Waals surface area contributed by atoms with Gasteiger partial charge in [-0.25, -0.2) is 9.59 Å². The summed E-state index contributed by atoms with van der Waals surface area (Å²) in [5.74, 6) is 0. The van der Waals surface area contributed by atoms with E-state index in [9.17, 15) is 9.59 Å². The quantitative estimate of drug-likeness (QED) is 0.388. The highest BCUT2D eigenvalue weighted by Gasteiger charge is 2.03. The summed E-state index contributed by atoms with van der Waals surface area (Å²) in [4.78, 5) is 30.6. The molecule has 0 radical (unpaired) electrons. The van der Waals surface area contributed by atoms with Crippen molar-refractivity contribution < 1.29 is 19.1 Å². The summed E-state index contributed by atoms with van der Waals surface area (Å²) in [5.41, 5.74) is 3.24. The Morgan fingerprint density at radius 2 is 0.912 bits per heavy atom. The Bertz CT molecular complexity index is 1040. The van der Waals surface area contributed by atoms with Gasteiger partial charge < -0.3 is 9.47 Å². The van der Waals surface area contributed by atoms with Crippen molar-refractivity contribution in [2.24, 2.45) is 0 Å². The van der Waals surface area contributed by atoms with Crippen LogP contribution >= 0.6 is 0 Å². The minimum Gasteiger partial charge on any atom is -0.444 e. The second kappa shape index (κ2) is 13.6. The molecule has 4 aromatic rings. The van der Waals surface area contributed by atoms with Gasteiger partial charge in [-0.1, -0.05) is 60.7 Å². The molecule has 2 aromatic heterocycles. The average molecular weight is 457 g/mol. The molecular formula is C26H24N4O4. The Morgan fingerprint density at radius 1 is 0.559 bits per heavy atom. The third kappa shape index (κ3) is 9.19. The highest BCUT2D eigenvalue weighted by atomic mass is 16.6. The molecule has 2 N–H and O–H groups in total. The minimum atomic E-state index is -0.472. The van der Waals surface area contributed by atoms with Crippen LogP contribution in [-0.2, 0) is 22.7 Å². The van der Waals surface area contributed by atoms with Gasteiger partial charge in [-0.2, -0.15) is 0 Å². The van der Waals surface area contributed by atoms with Gasteiger partial charge in [0.25, 0.3) is 0 Å². The Kier molecular flexibility index (Phi) is 9.60. The van der Waals surface area contributed by atoms with Crippen molar-refractivity contribution in [1.82, 2.24) is 9.97 Å². The number of carbonyl (C=O) groups is 2. The Morgan fingerprint density at radius 3 is 1.26 bits per heavy atom. The first-order valence-electron chi connectivity index (χ1n) is 10.4. The van der Waals surface area contributed by atoms with E-state index in [1.807, 2.05) is 60.7 Å². The van der Waals surface area contributed by atoms with Crippen LogP contribution in [0.1, 0.15) is 11.1 Å². The normalized spacial score (nSPS) is 9.65. The first-order chi connectivity index (χ1) is 16.7. The number of benzene rings is 2. The van der Waals surface area contributed by atoms with Gasteiger partial charge in [0.2, 0.25) is 0 Å².